The number of hydrogen-bond donors (Lipinski definition) is 1. The van der Waals surface area contributed by atoms with Crippen molar-refractivity contribution in [3.8, 4) is 0 Å². The van der Waals surface area contributed by atoms with Crippen LogP contribution in [0.3, 0.4) is 0 Å². The number of rotatable bonds is 3. The molecular formula is C6H11NO3. The Bertz CT molecular complexity index is 144. The third-order valence-corrected chi connectivity index (χ3v) is 0.998. The maximum Gasteiger partial charge on any atom is 0.306 e. The predicted molar refractivity (Wildman–Crippen MR) is 35.0 cm³/mol. The van der Waals surface area contributed by atoms with Gasteiger partial charge in [-0.05, 0) is 6.92 Å². The second-order valence-electron chi connectivity index (χ2n) is 1.89. The minimum Gasteiger partial charge on any atom is -0.453 e. The van der Waals surface area contributed by atoms with Crippen LogP contribution in [-0.2, 0) is 14.3 Å². The van der Waals surface area contributed by atoms with E-state index in [2.05, 4.69) is 4.74 Å². The zero-order valence-corrected chi connectivity index (χ0v) is 6.09. The van der Waals surface area contributed by atoms with Crippen molar-refractivity contribution in [3.05, 3.63) is 0 Å². The van der Waals surface area contributed by atoms with Crippen LogP contribution in [-0.4, -0.2) is 18.0 Å². The summed E-state index contributed by atoms with van der Waals surface area (Å²) in [6, 6.07) is 0. The van der Waals surface area contributed by atoms with E-state index in [1.165, 1.54) is 6.92 Å². The summed E-state index contributed by atoms with van der Waals surface area (Å²) >= 11 is 0. The summed E-state index contributed by atoms with van der Waals surface area (Å²) in [7, 11) is 0. The predicted octanol–water partition coefficient (Wildman–Crippen LogP) is -0.187. The van der Waals surface area contributed by atoms with Crippen molar-refractivity contribution in [3.63, 3.8) is 0 Å². The second kappa shape index (κ2) is 3.87. The lowest BCUT2D eigenvalue weighted by Gasteiger charge is -2.07. The van der Waals surface area contributed by atoms with Crippen LogP contribution in [0.2, 0.25) is 0 Å². The highest BCUT2D eigenvalue weighted by molar-refractivity contribution is 5.81. The van der Waals surface area contributed by atoms with Crippen LogP contribution in [0.1, 0.15) is 20.3 Å². The zero-order chi connectivity index (χ0) is 8.15. The van der Waals surface area contributed by atoms with E-state index in [1.807, 2.05) is 0 Å². The minimum absolute atomic E-state index is 0.262. The molecule has 1 amide bonds. The third-order valence-electron chi connectivity index (χ3n) is 0.998. The normalized spacial score (nSPS) is 12.2. The van der Waals surface area contributed by atoms with Crippen molar-refractivity contribution in [1.82, 2.24) is 0 Å². The molecule has 0 aliphatic carbocycles. The molecule has 0 aromatic carbocycles. The highest BCUT2D eigenvalue weighted by atomic mass is 16.5. The van der Waals surface area contributed by atoms with Crippen molar-refractivity contribution in [2.75, 3.05) is 0 Å². The first kappa shape index (κ1) is 8.94. The van der Waals surface area contributed by atoms with Crippen LogP contribution in [0.15, 0.2) is 0 Å². The lowest BCUT2D eigenvalue weighted by atomic mass is 10.4. The molecule has 4 heteroatoms. The molecule has 1 atom stereocenters. The first-order valence-corrected chi connectivity index (χ1v) is 3.06. The first-order valence-electron chi connectivity index (χ1n) is 3.06. The second-order valence-corrected chi connectivity index (χ2v) is 1.89. The van der Waals surface area contributed by atoms with E-state index in [1.54, 1.807) is 6.92 Å². The summed E-state index contributed by atoms with van der Waals surface area (Å²) < 4.78 is 4.55. The molecule has 0 aliphatic rings. The van der Waals surface area contributed by atoms with Gasteiger partial charge >= 0.3 is 5.97 Å². The molecule has 58 valence electrons. The van der Waals surface area contributed by atoms with Gasteiger partial charge < -0.3 is 10.5 Å². The van der Waals surface area contributed by atoms with Gasteiger partial charge in [0.2, 0.25) is 0 Å². The number of nitrogens with two attached hydrogens (primary N) is 1. The van der Waals surface area contributed by atoms with Crippen LogP contribution >= 0.6 is 0 Å². The maximum absolute atomic E-state index is 10.5. The molecule has 4 nitrogen and oxygen atoms in total. The van der Waals surface area contributed by atoms with Crippen molar-refractivity contribution in [2.24, 2.45) is 5.73 Å². The van der Waals surface area contributed by atoms with E-state index in [-0.39, 0.29) is 6.42 Å². The van der Waals surface area contributed by atoms with Gasteiger partial charge in [0.15, 0.2) is 6.10 Å². The highest BCUT2D eigenvalue weighted by Gasteiger charge is 2.11. The molecule has 0 aromatic rings. The smallest absolute Gasteiger partial charge is 0.306 e. The molecular weight excluding hydrogens is 134 g/mol. The fourth-order valence-corrected chi connectivity index (χ4v) is 0.339. The fraction of sp³-hybridized carbons (Fsp3) is 0.667. The van der Waals surface area contributed by atoms with Crippen LogP contribution in [0.25, 0.3) is 0 Å². The number of carbonyl (C=O) groups is 2. The average molecular weight is 145 g/mol. The number of ether oxygens (including phenoxy) is 1. The van der Waals surface area contributed by atoms with E-state index >= 15 is 0 Å². The van der Waals surface area contributed by atoms with E-state index in [0.29, 0.717) is 0 Å². The number of primary amides is 1. The Labute approximate surface area is 59.3 Å². The lowest BCUT2D eigenvalue weighted by Crippen LogP contribution is -2.30. The van der Waals surface area contributed by atoms with E-state index in [4.69, 9.17) is 5.73 Å². The maximum atomic E-state index is 10.5. The molecule has 0 heterocycles. The minimum atomic E-state index is -0.813. The lowest BCUT2D eigenvalue weighted by molar-refractivity contribution is -0.153. The van der Waals surface area contributed by atoms with Crippen molar-refractivity contribution >= 4 is 11.9 Å². The Morgan fingerprint density at radius 3 is 2.40 bits per heavy atom. The molecule has 0 aromatic heterocycles. The number of amides is 1. The largest absolute Gasteiger partial charge is 0.453 e. The molecule has 0 radical (unpaired) electrons. The summed E-state index contributed by atoms with van der Waals surface area (Å²) in [6.45, 7) is 3.09. The van der Waals surface area contributed by atoms with E-state index < -0.39 is 18.0 Å². The number of hydrogen-bond acceptors (Lipinski definition) is 3. The topological polar surface area (TPSA) is 69.4 Å². The van der Waals surface area contributed by atoms with E-state index in [0.717, 1.165) is 0 Å². The van der Waals surface area contributed by atoms with Crippen LogP contribution in [0.4, 0.5) is 0 Å². The molecule has 0 saturated carbocycles. The molecule has 0 fully saturated rings. The number of esters is 1. The standard InChI is InChI=1S/C6H11NO3/c1-3-5(8)10-4(2)6(7)9/h4H,3H2,1-2H3,(H2,7,9). The van der Waals surface area contributed by atoms with Gasteiger partial charge in [-0.15, -0.1) is 0 Å². The Balaban J connectivity index is 3.68. The molecule has 0 saturated heterocycles. The van der Waals surface area contributed by atoms with Crippen molar-refractivity contribution < 1.29 is 14.3 Å². The van der Waals surface area contributed by atoms with Gasteiger partial charge in [0.25, 0.3) is 5.91 Å². The van der Waals surface area contributed by atoms with Gasteiger partial charge in [-0.3, -0.25) is 9.59 Å². The Morgan fingerprint density at radius 1 is 1.60 bits per heavy atom. The van der Waals surface area contributed by atoms with E-state index in [9.17, 15) is 9.59 Å². The zero-order valence-electron chi connectivity index (χ0n) is 6.09. The van der Waals surface area contributed by atoms with Gasteiger partial charge in [0, 0.05) is 6.42 Å². The molecule has 0 bridgehead atoms. The Hall–Kier alpha value is -1.06. The average Bonchev–Trinajstić information content (AvgIpc) is 1.87. The quantitative estimate of drug-likeness (QED) is 0.560. The Kier molecular flexibility index (Phi) is 3.46. The number of carbonyl (C=O) groups excluding carboxylic acids is 2. The summed E-state index contributed by atoms with van der Waals surface area (Å²) in [4.78, 5) is 20.8. The molecule has 0 aliphatic heterocycles. The van der Waals surface area contributed by atoms with Crippen LogP contribution in [0, 0.1) is 0 Å². The van der Waals surface area contributed by atoms with Crippen molar-refractivity contribution in [1.29, 1.82) is 0 Å². The van der Waals surface area contributed by atoms with Crippen molar-refractivity contribution in [2.45, 2.75) is 26.4 Å². The van der Waals surface area contributed by atoms with Gasteiger partial charge in [-0.25, -0.2) is 0 Å². The summed E-state index contributed by atoms with van der Waals surface area (Å²) in [6.07, 6.45) is -0.551. The SMILES string of the molecule is CCC(=O)OC(C)C(N)=O. The van der Waals surface area contributed by atoms with Crippen LogP contribution in [0.5, 0.6) is 0 Å². The Morgan fingerprint density at radius 2 is 2.10 bits per heavy atom. The van der Waals surface area contributed by atoms with Gasteiger partial charge in [-0.1, -0.05) is 6.92 Å². The molecule has 0 rings (SSSR count). The van der Waals surface area contributed by atoms with Gasteiger partial charge in [-0.2, -0.15) is 0 Å². The summed E-state index contributed by atoms with van der Waals surface area (Å²) in [5.74, 6) is -1.03. The highest BCUT2D eigenvalue weighted by Crippen LogP contribution is 1.92. The van der Waals surface area contributed by atoms with Gasteiger partial charge in [0.05, 0.1) is 0 Å². The third kappa shape index (κ3) is 3.06. The monoisotopic (exact) mass is 145 g/mol. The first-order chi connectivity index (χ1) is 4.57. The fourth-order valence-electron chi connectivity index (χ4n) is 0.339. The molecule has 1 unspecified atom stereocenters. The van der Waals surface area contributed by atoms with Gasteiger partial charge in [0.1, 0.15) is 0 Å². The molecule has 2 N–H and O–H groups in total. The van der Waals surface area contributed by atoms with Crippen LogP contribution < -0.4 is 5.73 Å². The molecule has 10 heavy (non-hydrogen) atoms. The summed E-state index contributed by atoms with van der Waals surface area (Å²) in [5.41, 5.74) is 4.82. The molecule has 0 spiro atoms. The summed E-state index contributed by atoms with van der Waals surface area (Å²) in [5, 5.41) is 0.